The highest BCUT2D eigenvalue weighted by Gasteiger charge is 2.10. The van der Waals surface area contributed by atoms with E-state index in [1.807, 2.05) is 45.9 Å². The minimum absolute atomic E-state index is 0.0544. The van der Waals surface area contributed by atoms with E-state index in [0.29, 0.717) is 5.16 Å². The summed E-state index contributed by atoms with van der Waals surface area (Å²) in [4.78, 5) is 20.8. The van der Waals surface area contributed by atoms with Crippen molar-refractivity contribution in [3.63, 3.8) is 0 Å². The molecule has 0 aliphatic heterocycles. The van der Waals surface area contributed by atoms with Gasteiger partial charge in [0, 0.05) is 21.5 Å². The molecule has 0 bridgehead atoms. The molecule has 0 fully saturated rings. The van der Waals surface area contributed by atoms with Crippen LogP contribution in [0.1, 0.15) is 22.5 Å². The van der Waals surface area contributed by atoms with Gasteiger partial charge in [-0.2, -0.15) is 0 Å². The standard InChI is InChI=1S/C16H18BrN3OS/c1-9-5-13(17)6-10(2)15(9)20-14(21)8-22-16-18-11(3)7-12(4)19-16/h5-7H,8H2,1-4H3,(H,20,21). The SMILES string of the molecule is Cc1cc(C)nc(SCC(=O)Nc2c(C)cc(Br)cc2C)n1. The Morgan fingerprint density at radius 3 is 2.18 bits per heavy atom. The first-order chi connectivity index (χ1) is 10.3. The largest absolute Gasteiger partial charge is 0.325 e. The summed E-state index contributed by atoms with van der Waals surface area (Å²) in [5.41, 5.74) is 4.76. The van der Waals surface area contributed by atoms with Crippen LogP contribution in [0.5, 0.6) is 0 Å². The second-order valence-corrected chi connectivity index (χ2v) is 7.04. The predicted octanol–water partition coefficient (Wildman–Crippen LogP) is 4.20. The van der Waals surface area contributed by atoms with Gasteiger partial charge in [0.1, 0.15) is 0 Å². The van der Waals surface area contributed by atoms with E-state index in [0.717, 1.165) is 32.7 Å². The van der Waals surface area contributed by atoms with E-state index in [4.69, 9.17) is 0 Å². The second kappa shape index (κ2) is 7.24. The number of aromatic nitrogens is 2. The Labute approximate surface area is 143 Å². The van der Waals surface area contributed by atoms with Gasteiger partial charge in [-0.25, -0.2) is 9.97 Å². The molecule has 1 amide bonds. The Kier molecular flexibility index (Phi) is 5.58. The van der Waals surface area contributed by atoms with E-state index in [-0.39, 0.29) is 11.7 Å². The molecule has 22 heavy (non-hydrogen) atoms. The van der Waals surface area contributed by atoms with Crippen LogP contribution in [0.3, 0.4) is 0 Å². The zero-order chi connectivity index (χ0) is 16.3. The van der Waals surface area contributed by atoms with Crippen molar-refractivity contribution in [2.24, 2.45) is 0 Å². The molecule has 0 unspecified atom stereocenters. The Balaban J connectivity index is 2.02. The Hall–Kier alpha value is -1.40. The molecule has 0 aliphatic carbocycles. The highest BCUT2D eigenvalue weighted by Crippen LogP contribution is 2.25. The first kappa shape index (κ1) is 17.0. The molecule has 2 rings (SSSR count). The fourth-order valence-corrected chi connectivity index (χ4v) is 3.61. The van der Waals surface area contributed by atoms with Crippen LogP contribution in [-0.2, 0) is 4.79 Å². The second-order valence-electron chi connectivity index (χ2n) is 5.18. The van der Waals surface area contributed by atoms with E-state index in [1.54, 1.807) is 0 Å². The molecular formula is C16H18BrN3OS. The molecule has 0 aliphatic rings. The molecule has 1 aromatic carbocycles. The van der Waals surface area contributed by atoms with Crippen LogP contribution in [-0.4, -0.2) is 21.6 Å². The number of carbonyl (C=O) groups excluding carboxylic acids is 1. The molecule has 0 spiro atoms. The normalized spacial score (nSPS) is 10.6. The number of thioether (sulfide) groups is 1. The van der Waals surface area contributed by atoms with Gasteiger partial charge in [0.05, 0.1) is 5.75 Å². The zero-order valence-corrected chi connectivity index (χ0v) is 15.4. The van der Waals surface area contributed by atoms with Crippen LogP contribution in [0.2, 0.25) is 0 Å². The minimum atomic E-state index is -0.0544. The van der Waals surface area contributed by atoms with Crippen molar-refractivity contribution in [1.82, 2.24) is 9.97 Å². The Bertz CT molecular complexity index is 675. The van der Waals surface area contributed by atoms with Gasteiger partial charge in [-0.05, 0) is 57.0 Å². The topological polar surface area (TPSA) is 54.9 Å². The maximum absolute atomic E-state index is 12.1. The number of hydrogen-bond donors (Lipinski definition) is 1. The van der Waals surface area contributed by atoms with Crippen LogP contribution >= 0.6 is 27.7 Å². The molecule has 2 aromatic rings. The molecule has 0 saturated carbocycles. The van der Waals surface area contributed by atoms with Gasteiger partial charge in [0.15, 0.2) is 5.16 Å². The van der Waals surface area contributed by atoms with Crippen LogP contribution in [0.15, 0.2) is 27.8 Å². The Morgan fingerprint density at radius 2 is 1.64 bits per heavy atom. The lowest BCUT2D eigenvalue weighted by molar-refractivity contribution is -0.113. The summed E-state index contributed by atoms with van der Waals surface area (Å²) in [5.74, 6) is 0.235. The first-order valence-corrected chi connectivity index (χ1v) is 8.64. The van der Waals surface area contributed by atoms with E-state index < -0.39 is 0 Å². The summed E-state index contributed by atoms with van der Waals surface area (Å²) in [6, 6.07) is 5.89. The van der Waals surface area contributed by atoms with Gasteiger partial charge in [-0.3, -0.25) is 4.79 Å². The maximum atomic E-state index is 12.1. The number of carbonyl (C=O) groups is 1. The van der Waals surface area contributed by atoms with Gasteiger partial charge in [0.2, 0.25) is 5.91 Å². The van der Waals surface area contributed by atoms with Crippen LogP contribution < -0.4 is 5.32 Å². The number of amides is 1. The third-order valence-electron chi connectivity index (χ3n) is 3.06. The minimum Gasteiger partial charge on any atom is -0.325 e. The number of hydrogen-bond acceptors (Lipinski definition) is 4. The summed E-state index contributed by atoms with van der Waals surface area (Å²) in [6.45, 7) is 7.81. The molecule has 116 valence electrons. The van der Waals surface area contributed by atoms with Gasteiger partial charge < -0.3 is 5.32 Å². The number of nitrogens with zero attached hydrogens (tertiary/aromatic N) is 2. The molecule has 4 nitrogen and oxygen atoms in total. The van der Waals surface area contributed by atoms with Crippen molar-refractivity contribution in [3.05, 3.63) is 45.2 Å². The lowest BCUT2D eigenvalue weighted by atomic mass is 10.1. The maximum Gasteiger partial charge on any atom is 0.234 e. The van der Waals surface area contributed by atoms with Crippen LogP contribution in [0, 0.1) is 27.7 Å². The zero-order valence-electron chi connectivity index (χ0n) is 13.0. The fourth-order valence-electron chi connectivity index (χ4n) is 2.17. The quantitative estimate of drug-likeness (QED) is 0.638. The van der Waals surface area contributed by atoms with Crippen molar-refractivity contribution in [1.29, 1.82) is 0 Å². The molecule has 1 N–H and O–H groups in total. The smallest absolute Gasteiger partial charge is 0.234 e. The molecule has 6 heteroatoms. The average Bonchev–Trinajstić information content (AvgIpc) is 2.39. The van der Waals surface area contributed by atoms with Gasteiger partial charge in [-0.15, -0.1) is 0 Å². The first-order valence-electron chi connectivity index (χ1n) is 6.87. The van der Waals surface area contributed by atoms with Crippen LogP contribution in [0.25, 0.3) is 0 Å². The number of benzene rings is 1. The summed E-state index contributed by atoms with van der Waals surface area (Å²) in [7, 11) is 0. The molecule has 0 radical (unpaired) electrons. The van der Waals surface area contributed by atoms with Crippen molar-refractivity contribution < 1.29 is 4.79 Å². The highest BCUT2D eigenvalue weighted by atomic mass is 79.9. The Morgan fingerprint density at radius 1 is 1.09 bits per heavy atom. The molecule has 0 atom stereocenters. The summed E-state index contributed by atoms with van der Waals surface area (Å²) >= 11 is 4.80. The molecule has 0 saturated heterocycles. The monoisotopic (exact) mass is 379 g/mol. The third-order valence-corrected chi connectivity index (χ3v) is 4.36. The average molecular weight is 380 g/mol. The summed E-state index contributed by atoms with van der Waals surface area (Å²) in [5, 5.41) is 3.61. The molecular weight excluding hydrogens is 362 g/mol. The molecule has 1 aromatic heterocycles. The number of aryl methyl sites for hydroxylation is 4. The summed E-state index contributed by atoms with van der Waals surface area (Å²) < 4.78 is 1.01. The fraction of sp³-hybridized carbons (Fsp3) is 0.312. The van der Waals surface area contributed by atoms with E-state index >= 15 is 0 Å². The van der Waals surface area contributed by atoms with Crippen molar-refractivity contribution in [3.8, 4) is 0 Å². The van der Waals surface area contributed by atoms with E-state index in [2.05, 4.69) is 31.2 Å². The lowest BCUT2D eigenvalue weighted by Crippen LogP contribution is -2.16. The number of rotatable bonds is 4. The number of anilines is 1. The number of nitrogens with one attached hydrogen (secondary N) is 1. The predicted molar refractivity (Wildman–Crippen MR) is 94.5 cm³/mol. The van der Waals surface area contributed by atoms with E-state index in [9.17, 15) is 4.79 Å². The highest BCUT2D eigenvalue weighted by molar-refractivity contribution is 9.10. The van der Waals surface area contributed by atoms with Gasteiger partial charge in [-0.1, -0.05) is 27.7 Å². The third kappa shape index (κ3) is 4.55. The lowest BCUT2D eigenvalue weighted by Gasteiger charge is -2.12. The van der Waals surface area contributed by atoms with E-state index in [1.165, 1.54) is 11.8 Å². The molecule has 1 heterocycles. The number of halogens is 1. The van der Waals surface area contributed by atoms with Gasteiger partial charge >= 0.3 is 0 Å². The summed E-state index contributed by atoms with van der Waals surface area (Å²) in [6.07, 6.45) is 0. The van der Waals surface area contributed by atoms with Crippen molar-refractivity contribution >= 4 is 39.3 Å². The van der Waals surface area contributed by atoms with Crippen LogP contribution in [0.4, 0.5) is 5.69 Å². The van der Waals surface area contributed by atoms with Gasteiger partial charge in [0.25, 0.3) is 0 Å². The van der Waals surface area contributed by atoms with Crippen molar-refractivity contribution in [2.75, 3.05) is 11.1 Å². The van der Waals surface area contributed by atoms with Crippen molar-refractivity contribution in [2.45, 2.75) is 32.9 Å².